The van der Waals surface area contributed by atoms with Crippen LogP contribution in [0.1, 0.15) is 17.6 Å². The summed E-state index contributed by atoms with van der Waals surface area (Å²) in [6, 6.07) is 1.19. The molecule has 0 aromatic carbocycles. The van der Waals surface area contributed by atoms with Gasteiger partial charge < -0.3 is 0 Å². The van der Waals surface area contributed by atoms with Crippen LogP contribution in [0.5, 0.6) is 0 Å². The lowest BCUT2D eigenvalue weighted by molar-refractivity contribution is 0.149. The zero-order valence-electron chi connectivity index (χ0n) is 6.20. The summed E-state index contributed by atoms with van der Waals surface area (Å²) in [5.41, 5.74) is -0.371. The molecule has 1 nitrogen and oxygen atoms in total. The van der Waals surface area contributed by atoms with Gasteiger partial charge in [-0.3, -0.25) is 0 Å². The van der Waals surface area contributed by atoms with Gasteiger partial charge in [-0.05, 0) is 28.7 Å². The van der Waals surface area contributed by atoms with Crippen molar-refractivity contribution >= 4 is 38.5 Å². The molecule has 0 spiro atoms. The van der Waals surface area contributed by atoms with Crippen LogP contribution in [0.3, 0.4) is 0 Å². The van der Waals surface area contributed by atoms with E-state index >= 15 is 0 Å². The molecule has 0 amide bonds. The standard InChI is InChI=1S/C7H4BrF3IN/c8-2-4-3(6(9)10)1-5(12)13-7(4)11/h1,6H,2H2. The predicted molar refractivity (Wildman–Crippen MR) is 54.5 cm³/mol. The van der Waals surface area contributed by atoms with Crippen LogP contribution in [0.2, 0.25) is 0 Å². The molecule has 13 heavy (non-hydrogen) atoms. The molecule has 0 aliphatic carbocycles. The van der Waals surface area contributed by atoms with Crippen LogP contribution in [0.4, 0.5) is 13.2 Å². The molecule has 0 atom stereocenters. The normalized spacial score (nSPS) is 10.9. The molecule has 0 N–H and O–H groups in total. The second-order valence-electron chi connectivity index (χ2n) is 2.24. The molecule has 0 aliphatic rings. The van der Waals surface area contributed by atoms with Crippen molar-refractivity contribution in [3.63, 3.8) is 0 Å². The first-order valence-corrected chi connectivity index (χ1v) is 5.45. The summed E-state index contributed by atoms with van der Waals surface area (Å²) in [7, 11) is 0. The van der Waals surface area contributed by atoms with E-state index in [2.05, 4.69) is 20.9 Å². The molecular formula is C7H4BrF3IN. The van der Waals surface area contributed by atoms with Gasteiger partial charge in [0.1, 0.15) is 3.70 Å². The summed E-state index contributed by atoms with van der Waals surface area (Å²) >= 11 is 4.63. The van der Waals surface area contributed by atoms with Crippen LogP contribution >= 0.6 is 38.5 Å². The van der Waals surface area contributed by atoms with Crippen molar-refractivity contribution in [2.24, 2.45) is 0 Å². The Morgan fingerprint density at radius 2 is 2.15 bits per heavy atom. The first kappa shape index (κ1) is 11.2. The van der Waals surface area contributed by atoms with Crippen LogP contribution < -0.4 is 0 Å². The first-order chi connectivity index (χ1) is 6.06. The molecule has 1 aromatic rings. The van der Waals surface area contributed by atoms with Crippen molar-refractivity contribution in [1.82, 2.24) is 4.98 Å². The molecule has 6 heteroatoms. The van der Waals surface area contributed by atoms with Crippen molar-refractivity contribution in [1.29, 1.82) is 0 Å². The Labute approximate surface area is 95.0 Å². The molecule has 0 saturated carbocycles. The van der Waals surface area contributed by atoms with Gasteiger partial charge in [0.05, 0.1) is 0 Å². The van der Waals surface area contributed by atoms with Gasteiger partial charge >= 0.3 is 0 Å². The van der Waals surface area contributed by atoms with Crippen LogP contribution in [-0.4, -0.2) is 4.98 Å². The molecule has 0 saturated heterocycles. The summed E-state index contributed by atoms with van der Waals surface area (Å²) in [6.45, 7) is 0. The largest absolute Gasteiger partial charge is 0.264 e. The third-order valence-electron chi connectivity index (χ3n) is 1.45. The Balaban J connectivity index is 3.29. The monoisotopic (exact) mass is 365 g/mol. The Morgan fingerprint density at radius 1 is 1.54 bits per heavy atom. The van der Waals surface area contributed by atoms with Gasteiger partial charge in [0, 0.05) is 16.5 Å². The minimum absolute atomic E-state index is 0.0441. The maximum Gasteiger partial charge on any atom is 0.264 e. The number of pyridine rings is 1. The van der Waals surface area contributed by atoms with Gasteiger partial charge in [0.2, 0.25) is 5.95 Å². The molecule has 0 bridgehead atoms. The number of nitrogens with zero attached hydrogens (tertiary/aromatic N) is 1. The zero-order valence-corrected chi connectivity index (χ0v) is 9.94. The maximum atomic E-state index is 13.0. The lowest BCUT2D eigenvalue weighted by Gasteiger charge is -2.06. The fourth-order valence-corrected chi connectivity index (χ4v) is 1.96. The Morgan fingerprint density at radius 3 is 2.62 bits per heavy atom. The van der Waals surface area contributed by atoms with E-state index in [4.69, 9.17) is 0 Å². The van der Waals surface area contributed by atoms with E-state index in [9.17, 15) is 13.2 Å². The van der Waals surface area contributed by atoms with Gasteiger partial charge in [0.25, 0.3) is 6.43 Å². The summed E-state index contributed by atoms with van der Waals surface area (Å²) in [5, 5.41) is 0.0441. The van der Waals surface area contributed by atoms with Gasteiger partial charge in [-0.1, -0.05) is 15.9 Å². The van der Waals surface area contributed by atoms with Gasteiger partial charge in [-0.15, -0.1) is 0 Å². The van der Waals surface area contributed by atoms with Crippen molar-refractivity contribution < 1.29 is 13.2 Å². The fraction of sp³-hybridized carbons (Fsp3) is 0.286. The van der Waals surface area contributed by atoms with E-state index in [-0.39, 0.29) is 20.2 Å². The average molecular weight is 366 g/mol. The summed E-state index contributed by atoms with van der Waals surface area (Å²) in [5.74, 6) is -0.834. The quantitative estimate of drug-likeness (QED) is 0.443. The van der Waals surface area contributed by atoms with E-state index in [1.165, 1.54) is 6.07 Å². The van der Waals surface area contributed by atoms with Crippen LogP contribution in [-0.2, 0) is 5.33 Å². The number of aromatic nitrogens is 1. The van der Waals surface area contributed by atoms with Crippen LogP contribution in [0, 0.1) is 9.65 Å². The second kappa shape index (κ2) is 4.59. The van der Waals surface area contributed by atoms with E-state index in [1.807, 2.05) is 0 Å². The number of rotatable bonds is 2. The maximum absolute atomic E-state index is 13.0. The smallest absolute Gasteiger partial charge is 0.213 e. The number of hydrogen-bond donors (Lipinski definition) is 0. The number of halogens is 5. The van der Waals surface area contributed by atoms with E-state index < -0.39 is 12.4 Å². The molecule has 1 rings (SSSR count). The molecule has 0 radical (unpaired) electrons. The topological polar surface area (TPSA) is 12.9 Å². The SMILES string of the molecule is Fc1nc(I)cc(C(F)F)c1CBr. The zero-order chi connectivity index (χ0) is 10.0. The minimum Gasteiger partial charge on any atom is -0.213 e. The number of hydrogen-bond acceptors (Lipinski definition) is 1. The lowest BCUT2D eigenvalue weighted by atomic mass is 10.2. The van der Waals surface area contributed by atoms with Gasteiger partial charge in [-0.25, -0.2) is 13.8 Å². The van der Waals surface area contributed by atoms with E-state index in [0.29, 0.717) is 0 Å². The Kier molecular flexibility index (Phi) is 3.96. The highest BCUT2D eigenvalue weighted by molar-refractivity contribution is 14.1. The fourth-order valence-electron chi connectivity index (χ4n) is 0.855. The first-order valence-electron chi connectivity index (χ1n) is 3.25. The highest BCUT2D eigenvalue weighted by atomic mass is 127. The molecule has 0 unspecified atom stereocenters. The van der Waals surface area contributed by atoms with Crippen molar-refractivity contribution in [3.8, 4) is 0 Å². The van der Waals surface area contributed by atoms with Gasteiger partial charge in [0.15, 0.2) is 0 Å². The van der Waals surface area contributed by atoms with Gasteiger partial charge in [-0.2, -0.15) is 4.39 Å². The Hall–Kier alpha value is 0.150. The van der Waals surface area contributed by atoms with Crippen molar-refractivity contribution in [2.45, 2.75) is 11.8 Å². The summed E-state index contributed by atoms with van der Waals surface area (Å²) in [4.78, 5) is 3.44. The third kappa shape index (κ3) is 2.55. The molecule has 72 valence electrons. The summed E-state index contributed by atoms with van der Waals surface area (Å²) < 4.78 is 37.9. The summed E-state index contributed by atoms with van der Waals surface area (Å²) in [6.07, 6.45) is -2.67. The highest BCUT2D eigenvalue weighted by Gasteiger charge is 2.17. The van der Waals surface area contributed by atoms with Crippen molar-refractivity contribution in [2.75, 3.05) is 0 Å². The molecule has 1 aromatic heterocycles. The molecule has 0 fully saturated rings. The second-order valence-corrected chi connectivity index (χ2v) is 3.90. The molecule has 0 aliphatic heterocycles. The van der Waals surface area contributed by atoms with E-state index in [1.54, 1.807) is 22.6 Å². The van der Waals surface area contributed by atoms with Crippen LogP contribution in [0.25, 0.3) is 0 Å². The predicted octanol–water partition coefficient (Wildman–Crippen LogP) is 3.66. The van der Waals surface area contributed by atoms with Crippen LogP contribution in [0.15, 0.2) is 6.07 Å². The molecular weight excluding hydrogens is 362 g/mol. The highest BCUT2D eigenvalue weighted by Crippen LogP contribution is 2.27. The minimum atomic E-state index is -2.67. The number of alkyl halides is 3. The third-order valence-corrected chi connectivity index (χ3v) is 2.56. The lowest BCUT2D eigenvalue weighted by Crippen LogP contribution is -2.01. The Bertz CT molecular complexity index is 319. The molecule has 1 heterocycles. The van der Waals surface area contributed by atoms with E-state index in [0.717, 1.165) is 0 Å². The average Bonchev–Trinajstić information content (AvgIpc) is 2.02. The van der Waals surface area contributed by atoms with Crippen molar-refractivity contribution in [3.05, 3.63) is 26.8 Å².